The van der Waals surface area contributed by atoms with Gasteiger partial charge >= 0.3 is 0 Å². The summed E-state index contributed by atoms with van der Waals surface area (Å²) in [4.78, 5) is 0. The number of hydrogen-bond donors (Lipinski definition) is 1. The normalized spacial score (nSPS) is 56.1. The molecule has 0 spiro atoms. The highest BCUT2D eigenvalue weighted by molar-refractivity contribution is 5.08. The molecule has 14 heavy (non-hydrogen) atoms. The van der Waals surface area contributed by atoms with Gasteiger partial charge < -0.3 is 14.6 Å². The van der Waals surface area contributed by atoms with E-state index in [0.717, 1.165) is 25.7 Å². The van der Waals surface area contributed by atoms with Crippen LogP contribution in [0.2, 0.25) is 0 Å². The van der Waals surface area contributed by atoms with Crippen molar-refractivity contribution in [2.75, 3.05) is 7.11 Å². The first kappa shape index (κ1) is 9.13. The highest BCUT2D eigenvalue weighted by Gasteiger charge is 2.59. The fourth-order valence-corrected chi connectivity index (χ4v) is 3.98. The Morgan fingerprint density at radius 2 is 2.14 bits per heavy atom. The minimum atomic E-state index is -0.521. The van der Waals surface area contributed by atoms with Gasteiger partial charge in [0.2, 0.25) is 0 Å². The summed E-state index contributed by atoms with van der Waals surface area (Å²) in [6.45, 7) is 0. The van der Waals surface area contributed by atoms with E-state index in [9.17, 15) is 5.11 Å². The van der Waals surface area contributed by atoms with Crippen LogP contribution in [-0.2, 0) is 9.47 Å². The van der Waals surface area contributed by atoms with Crippen LogP contribution in [-0.4, -0.2) is 30.2 Å². The van der Waals surface area contributed by atoms with Crippen molar-refractivity contribution in [3.8, 4) is 0 Å². The molecule has 80 valence electrons. The maximum absolute atomic E-state index is 9.57. The van der Waals surface area contributed by atoms with Crippen molar-refractivity contribution in [2.45, 2.75) is 50.1 Å². The third kappa shape index (κ3) is 1.03. The second kappa shape index (κ2) is 2.94. The van der Waals surface area contributed by atoms with Crippen molar-refractivity contribution >= 4 is 0 Å². The van der Waals surface area contributed by atoms with E-state index in [0.29, 0.717) is 11.8 Å². The molecule has 3 nitrogen and oxygen atoms in total. The Kier molecular flexibility index (Phi) is 1.92. The first-order valence-electron chi connectivity index (χ1n) is 5.64. The largest absolute Gasteiger partial charge is 0.378 e. The average Bonchev–Trinajstić information content (AvgIpc) is 2.70. The van der Waals surface area contributed by atoms with Crippen molar-refractivity contribution in [3.63, 3.8) is 0 Å². The molecule has 0 aromatic rings. The molecule has 2 aliphatic carbocycles. The Morgan fingerprint density at radius 1 is 1.36 bits per heavy atom. The summed E-state index contributed by atoms with van der Waals surface area (Å²) in [5, 5.41) is 9.57. The number of methoxy groups -OCH3 is 1. The monoisotopic (exact) mass is 198 g/mol. The predicted octanol–water partition coefficient (Wildman–Crippen LogP) is 1.30. The van der Waals surface area contributed by atoms with E-state index in [1.165, 1.54) is 6.42 Å². The molecule has 1 saturated heterocycles. The SMILES string of the molecule is COC12CCC3CC(O)OC(CC1)C32. The maximum Gasteiger partial charge on any atom is 0.155 e. The van der Waals surface area contributed by atoms with Gasteiger partial charge in [-0.15, -0.1) is 0 Å². The molecule has 5 unspecified atom stereocenters. The highest BCUT2D eigenvalue weighted by atomic mass is 16.6. The number of rotatable bonds is 1. The molecular weight excluding hydrogens is 180 g/mol. The van der Waals surface area contributed by atoms with Crippen LogP contribution in [0, 0.1) is 11.8 Å². The van der Waals surface area contributed by atoms with Crippen LogP contribution in [0.3, 0.4) is 0 Å². The minimum absolute atomic E-state index is 0.0927. The van der Waals surface area contributed by atoms with Gasteiger partial charge in [-0.3, -0.25) is 0 Å². The van der Waals surface area contributed by atoms with E-state index in [1.54, 1.807) is 0 Å². The van der Waals surface area contributed by atoms with Crippen molar-refractivity contribution in [1.29, 1.82) is 0 Å². The molecule has 2 saturated carbocycles. The number of aliphatic hydroxyl groups is 1. The lowest BCUT2D eigenvalue weighted by Crippen LogP contribution is -2.43. The molecular formula is C11H18O3. The molecule has 1 heterocycles. The lowest BCUT2D eigenvalue weighted by atomic mass is 9.83. The quantitative estimate of drug-likeness (QED) is 0.690. The molecule has 3 rings (SSSR count). The van der Waals surface area contributed by atoms with Crippen LogP contribution in [0.4, 0.5) is 0 Å². The van der Waals surface area contributed by atoms with Crippen LogP contribution in [0.15, 0.2) is 0 Å². The van der Waals surface area contributed by atoms with Crippen molar-refractivity contribution in [1.82, 2.24) is 0 Å². The van der Waals surface area contributed by atoms with Crippen molar-refractivity contribution in [2.24, 2.45) is 11.8 Å². The first-order valence-corrected chi connectivity index (χ1v) is 5.64. The van der Waals surface area contributed by atoms with Gasteiger partial charge in [-0.2, -0.15) is 0 Å². The smallest absolute Gasteiger partial charge is 0.155 e. The zero-order valence-corrected chi connectivity index (χ0v) is 8.61. The summed E-state index contributed by atoms with van der Waals surface area (Å²) in [5.41, 5.74) is 0.0927. The van der Waals surface area contributed by atoms with E-state index in [2.05, 4.69) is 0 Å². The first-order chi connectivity index (χ1) is 6.75. The Hall–Kier alpha value is -0.120. The van der Waals surface area contributed by atoms with Gasteiger partial charge in [0, 0.05) is 19.4 Å². The minimum Gasteiger partial charge on any atom is -0.378 e. The van der Waals surface area contributed by atoms with Gasteiger partial charge in [0.1, 0.15) is 0 Å². The summed E-state index contributed by atoms with van der Waals surface area (Å²) in [6, 6.07) is 0. The Morgan fingerprint density at radius 3 is 2.93 bits per heavy atom. The Balaban J connectivity index is 1.90. The summed E-state index contributed by atoms with van der Waals surface area (Å²) >= 11 is 0. The summed E-state index contributed by atoms with van der Waals surface area (Å²) < 4.78 is 11.3. The maximum atomic E-state index is 9.57. The van der Waals surface area contributed by atoms with Crippen molar-refractivity contribution in [3.05, 3.63) is 0 Å². The summed E-state index contributed by atoms with van der Waals surface area (Å²) in [6.07, 6.45) is 5.08. The van der Waals surface area contributed by atoms with E-state index >= 15 is 0 Å². The molecule has 3 fully saturated rings. The standard InChI is InChI=1S/C11H18O3/c1-13-11-4-2-7-6-9(12)14-8(3-5-11)10(7)11/h7-10,12H,2-6H2,1H3. The number of hydrogen-bond acceptors (Lipinski definition) is 3. The van der Waals surface area contributed by atoms with Crippen LogP contribution >= 0.6 is 0 Å². The topological polar surface area (TPSA) is 38.7 Å². The van der Waals surface area contributed by atoms with Gasteiger partial charge in [-0.05, 0) is 31.6 Å². The Labute approximate surface area is 84.4 Å². The Bertz CT molecular complexity index is 223. The van der Waals surface area contributed by atoms with Gasteiger partial charge in [0.05, 0.1) is 11.7 Å². The van der Waals surface area contributed by atoms with Gasteiger partial charge in [0.25, 0.3) is 0 Å². The predicted molar refractivity (Wildman–Crippen MR) is 50.7 cm³/mol. The van der Waals surface area contributed by atoms with E-state index in [1.807, 2.05) is 7.11 Å². The van der Waals surface area contributed by atoms with Crippen LogP contribution in [0.25, 0.3) is 0 Å². The zero-order valence-electron chi connectivity index (χ0n) is 8.61. The fraction of sp³-hybridized carbons (Fsp3) is 1.00. The molecule has 0 aromatic carbocycles. The average molecular weight is 198 g/mol. The molecule has 0 aromatic heterocycles. The van der Waals surface area contributed by atoms with Gasteiger partial charge in [0.15, 0.2) is 6.29 Å². The van der Waals surface area contributed by atoms with Gasteiger partial charge in [-0.25, -0.2) is 0 Å². The van der Waals surface area contributed by atoms with E-state index in [-0.39, 0.29) is 11.7 Å². The summed E-state index contributed by atoms with van der Waals surface area (Å²) in [5.74, 6) is 1.18. The van der Waals surface area contributed by atoms with E-state index in [4.69, 9.17) is 9.47 Å². The molecule has 5 atom stereocenters. The fourth-order valence-electron chi connectivity index (χ4n) is 3.98. The third-order valence-corrected chi connectivity index (χ3v) is 4.55. The second-order valence-corrected chi connectivity index (χ2v) is 5.00. The molecule has 3 aliphatic rings. The van der Waals surface area contributed by atoms with Crippen LogP contribution in [0.5, 0.6) is 0 Å². The second-order valence-electron chi connectivity index (χ2n) is 5.00. The molecule has 3 heteroatoms. The van der Waals surface area contributed by atoms with Crippen LogP contribution < -0.4 is 0 Å². The molecule has 1 N–H and O–H groups in total. The number of aliphatic hydroxyl groups excluding tert-OH is 1. The lowest BCUT2D eigenvalue weighted by Gasteiger charge is -2.38. The number of ether oxygens (including phenoxy) is 2. The summed E-state index contributed by atoms with van der Waals surface area (Å²) in [7, 11) is 1.83. The lowest BCUT2D eigenvalue weighted by molar-refractivity contribution is -0.202. The van der Waals surface area contributed by atoms with Gasteiger partial charge in [-0.1, -0.05) is 0 Å². The van der Waals surface area contributed by atoms with E-state index < -0.39 is 6.29 Å². The van der Waals surface area contributed by atoms with Crippen LogP contribution in [0.1, 0.15) is 32.1 Å². The third-order valence-electron chi connectivity index (χ3n) is 4.55. The molecule has 0 radical (unpaired) electrons. The molecule has 0 bridgehead atoms. The molecule has 0 amide bonds. The molecule has 1 aliphatic heterocycles. The highest BCUT2D eigenvalue weighted by Crippen LogP contribution is 2.56. The zero-order chi connectivity index (χ0) is 9.76. The van der Waals surface area contributed by atoms with Crippen molar-refractivity contribution < 1.29 is 14.6 Å².